The molecule has 20 heavy (non-hydrogen) atoms. The Balaban J connectivity index is 2.32. The van der Waals surface area contributed by atoms with E-state index in [1.54, 1.807) is 24.3 Å². The molecule has 0 aromatic heterocycles. The van der Waals surface area contributed by atoms with Crippen molar-refractivity contribution in [1.29, 1.82) is 0 Å². The summed E-state index contributed by atoms with van der Waals surface area (Å²) in [5.41, 5.74) is 1.98. The van der Waals surface area contributed by atoms with Crippen molar-refractivity contribution in [2.24, 2.45) is 0 Å². The topological polar surface area (TPSA) is 12.0 Å². The van der Waals surface area contributed by atoms with Gasteiger partial charge in [-0.25, -0.2) is 4.39 Å². The molecule has 0 saturated carbocycles. The maximum atomic E-state index is 14.2. The average molecular weight is 312 g/mol. The van der Waals surface area contributed by atoms with Crippen molar-refractivity contribution >= 4 is 23.2 Å². The zero-order chi connectivity index (χ0) is 14.7. The van der Waals surface area contributed by atoms with Gasteiger partial charge in [0.15, 0.2) is 0 Å². The summed E-state index contributed by atoms with van der Waals surface area (Å²) in [6.45, 7) is 4.74. The Hall–Kier alpha value is -1.09. The highest BCUT2D eigenvalue weighted by Crippen LogP contribution is 2.32. The third-order valence-corrected chi connectivity index (χ3v) is 3.53. The summed E-state index contributed by atoms with van der Waals surface area (Å²) in [4.78, 5) is 0. The third kappa shape index (κ3) is 3.72. The quantitative estimate of drug-likeness (QED) is 0.808. The lowest BCUT2D eigenvalue weighted by molar-refractivity contribution is 0.582. The van der Waals surface area contributed by atoms with Gasteiger partial charge in [-0.1, -0.05) is 49.2 Å². The van der Waals surface area contributed by atoms with Crippen molar-refractivity contribution in [3.05, 3.63) is 57.8 Å². The number of hydrogen-bond donors (Lipinski definition) is 1. The van der Waals surface area contributed by atoms with Crippen LogP contribution in [0, 0.1) is 5.82 Å². The molecule has 2 aromatic rings. The highest BCUT2D eigenvalue weighted by molar-refractivity contribution is 6.35. The van der Waals surface area contributed by atoms with Crippen molar-refractivity contribution in [2.45, 2.75) is 26.4 Å². The van der Waals surface area contributed by atoms with Gasteiger partial charge in [-0.05, 0) is 29.8 Å². The molecule has 0 heterocycles. The smallest absolute Gasteiger partial charge is 0.131 e. The molecule has 106 valence electrons. The van der Waals surface area contributed by atoms with Gasteiger partial charge in [0.05, 0.1) is 0 Å². The van der Waals surface area contributed by atoms with Gasteiger partial charge in [0.25, 0.3) is 0 Å². The van der Waals surface area contributed by atoms with E-state index in [2.05, 4.69) is 19.2 Å². The van der Waals surface area contributed by atoms with Crippen LogP contribution in [0.5, 0.6) is 0 Å². The van der Waals surface area contributed by atoms with Crippen LogP contribution in [0.4, 0.5) is 4.39 Å². The van der Waals surface area contributed by atoms with Gasteiger partial charge in [0.1, 0.15) is 5.82 Å². The zero-order valence-electron chi connectivity index (χ0n) is 11.4. The lowest BCUT2D eigenvalue weighted by Crippen LogP contribution is -2.21. The van der Waals surface area contributed by atoms with E-state index in [0.29, 0.717) is 33.8 Å². The van der Waals surface area contributed by atoms with Crippen LogP contribution in [0.25, 0.3) is 11.1 Å². The van der Waals surface area contributed by atoms with E-state index in [9.17, 15) is 4.39 Å². The second kappa shape index (κ2) is 6.57. The van der Waals surface area contributed by atoms with Crippen LogP contribution in [-0.4, -0.2) is 6.04 Å². The number of rotatable bonds is 4. The number of halogens is 3. The maximum absolute atomic E-state index is 14.2. The third-order valence-electron chi connectivity index (χ3n) is 2.97. The minimum atomic E-state index is -0.294. The molecule has 0 aliphatic rings. The van der Waals surface area contributed by atoms with Gasteiger partial charge >= 0.3 is 0 Å². The molecule has 0 aliphatic carbocycles. The Morgan fingerprint density at radius 1 is 1.05 bits per heavy atom. The number of nitrogens with one attached hydrogen (secondary N) is 1. The fourth-order valence-electron chi connectivity index (χ4n) is 1.91. The van der Waals surface area contributed by atoms with Gasteiger partial charge in [-0.2, -0.15) is 0 Å². The second-order valence-electron chi connectivity index (χ2n) is 4.97. The number of benzene rings is 2. The van der Waals surface area contributed by atoms with E-state index in [0.717, 1.165) is 5.56 Å². The average Bonchev–Trinajstić information content (AvgIpc) is 2.39. The molecule has 2 rings (SSSR count). The second-order valence-corrected chi connectivity index (χ2v) is 5.82. The van der Waals surface area contributed by atoms with Crippen LogP contribution < -0.4 is 5.32 Å². The summed E-state index contributed by atoms with van der Waals surface area (Å²) >= 11 is 12.1. The molecule has 1 N–H and O–H groups in total. The van der Waals surface area contributed by atoms with Crippen LogP contribution in [-0.2, 0) is 6.54 Å². The van der Waals surface area contributed by atoms with Gasteiger partial charge in [0, 0.05) is 33.8 Å². The fourth-order valence-corrected chi connectivity index (χ4v) is 2.30. The minimum Gasteiger partial charge on any atom is -0.310 e. The number of hydrogen-bond acceptors (Lipinski definition) is 1. The summed E-state index contributed by atoms with van der Waals surface area (Å²) in [5, 5.41) is 4.28. The van der Waals surface area contributed by atoms with Crippen LogP contribution in [0.3, 0.4) is 0 Å². The van der Waals surface area contributed by atoms with Crippen LogP contribution >= 0.6 is 23.2 Å². The molecule has 0 amide bonds. The molecular formula is C16H16Cl2FN. The first-order chi connectivity index (χ1) is 9.47. The van der Waals surface area contributed by atoms with E-state index in [4.69, 9.17) is 23.2 Å². The lowest BCUT2D eigenvalue weighted by atomic mass is 10.0. The molecule has 0 spiro atoms. The Morgan fingerprint density at radius 2 is 1.80 bits per heavy atom. The standard InChI is InChI=1S/C16H16Cl2FN/c1-10(2)20-9-11-3-5-13(16(19)7-11)14-8-12(17)4-6-15(14)18/h3-8,10,20H,9H2,1-2H3. The van der Waals surface area contributed by atoms with E-state index in [-0.39, 0.29) is 5.82 Å². The summed E-state index contributed by atoms with van der Waals surface area (Å²) in [6.07, 6.45) is 0. The molecule has 4 heteroatoms. The zero-order valence-corrected chi connectivity index (χ0v) is 12.9. The Morgan fingerprint density at radius 3 is 2.45 bits per heavy atom. The molecule has 0 fully saturated rings. The predicted molar refractivity (Wildman–Crippen MR) is 83.8 cm³/mol. The summed E-state index contributed by atoms with van der Waals surface area (Å²) < 4.78 is 14.2. The molecular weight excluding hydrogens is 296 g/mol. The largest absolute Gasteiger partial charge is 0.310 e. The fraction of sp³-hybridized carbons (Fsp3) is 0.250. The van der Waals surface area contributed by atoms with Crippen molar-refractivity contribution in [1.82, 2.24) is 5.32 Å². The molecule has 0 unspecified atom stereocenters. The van der Waals surface area contributed by atoms with Crippen molar-refractivity contribution in [3.63, 3.8) is 0 Å². The van der Waals surface area contributed by atoms with E-state index >= 15 is 0 Å². The van der Waals surface area contributed by atoms with Crippen LogP contribution in [0.2, 0.25) is 10.0 Å². The van der Waals surface area contributed by atoms with E-state index in [1.807, 2.05) is 6.07 Å². The molecule has 2 aromatic carbocycles. The summed E-state index contributed by atoms with van der Waals surface area (Å²) in [5.74, 6) is -0.294. The normalized spacial score (nSPS) is 11.1. The predicted octanol–water partition coefficient (Wildman–Crippen LogP) is 5.30. The molecule has 0 saturated heterocycles. The van der Waals surface area contributed by atoms with Crippen LogP contribution in [0.15, 0.2) is 36.4 Å². The highest BCUT2D eigenvalue weighted by Gasteiger charge is 2.10. The molecule has 0 bridgehead atoms. The Kier molecular flexibility index (Phi) is 5.03. The molecule has 1 nitrogen and oxygen atoms in total. The molecule has 0 aliphatic heterocycles. The van der Waals surface area contributed by atoms with E-state index < -0.39 is 0 Å². The van der Waals surface area contributed by atoms with Crippen molar-refractivity contribution in [2.75, 3.05) is 0 Å². The first kappa shape index (κ1) is 15.3. The first-order valence-electron chi connectivity index (χ1n) is 6.44. The minimum absolute atomic E-state index is 0.294. The highest BCUT2D eigenvalue weighted by atomic mass is 35.5. The monoisotopic (exact) mass is 311 g/mol. The Bertz CT molecular complexity index is 611. The molecule has 0 radical (unpaired) electrons. The van der Waals surface area contributed by atoms with Gasteiger partial charge < -0.3 is 5.32 Å². The SMILES string of the molecule is CC(C)NCc1ccc(-c2cc(Cl)ccc2Cl)c(F)c1. The van der Waals surface area contributed by atoms with Crippen molar-refractivity contribution in [3.8, 4) is 11.1 Å². The molecule has 0 atom stereocenters. The van der Waals surface area contributed by atoms with Crippen molar-refractivity contribution < 1.29 is 4.39 Å². The van der Waals surface area contributed by atoms with Gasteiger partial charge in [-0.15, -0.1) is 0 Å². The lowest BCUT2D eigenvalue weighted by Gasteiger charge is -2.11. The van der Waals surface area contributed by atoms with Gasteiger partial charge in [-0.3, -0.25) is 0 Å². The van der Waals surface area contributed by atoms with Gasteiger partial charge in [0.2, 0.25) is 0 Å². The van der Waals surface area contributed by atoms with E-state index in [1.165, 1.54) is 6.07 Å². The first-order valence-corrected chi connectivity index (χ1v) is 7.20. The summed E-state index contributed by atoms with van der Waals surface area (Å²) in [6, 6.07) is 10.6. The van der Waals surface area contributed by atoms with Crippen LogP contribution in [0.1, 0.15) is 19.4 Å². The Labute approximate surface area is 128 Å². The summed E-state index contributed by atoms with van der Waals surface area (Å²) in [7, 11) is 0. The maximum Gasteiger partial charge on any atom is 0.131 e.